The highest BCUT2D eigenvalue weighted by Crippen LogP contribution is 2.40. The first kappa shape index (κ1) is 12.9. The molecule has 3 aliphatic rings. The van der Waals surface area contributed by atoms with Crippen molar-refractivity contribution < 1.29 is 5.11 Å². The zero-order valence-electron chi connectivity index (χ0n) is 11.7. The zero-order valence-corrected chi connectivity index (χ0v) is 11.7. The quantitative estimate of drug-likeness (QED) is 0.733. The van der Waals surface area contributed by atoms with E-state index >= 15 is 0 Å². The molecule has 0 bridgehead atoms. The molecule has 2 nitrogen and oxygen atoms in total. The number of aliphatic hydroxyl groups is 1. The Bertz CT molecular complexity index is 262. The van der Waals surface area contributed by atoms with E-state index in [2.05, 4.69) is 4.90 Å². The summed E-state index contributed by atoms with van der Waals surface area (Å²) in [7, 11) is 0. The van der Waals surface area contributed by atoms with E-state index in [1.165, 1.54) is 77.3 Å². The molecule has 0 aromatic carbocycles. The lowest BCUT2D eigenvalue weighted by molar-refractivity contribution is 0.0541. The monoisotopic (exact) mass is 251 g/mol. The minimum Gasteiger partial charge on any atom is -0.396 e. The number of nitrogens with zero attached hydrogens (tertiary/aromatic N) is 1. The Hall–Kier alpha value is -0.0800. The largest absolute Gasteiger partial charge is 0.396 e. The zero-order chi connectivity index (χ0) is 12.4. The SMILES string of the molecule is OCC1(CN(CC2CC2)C2CC2)CCCCCC1. The standard InChI is InChI=1S/C16H29NO/c18-13-16(9-3-1-2-4-10-16)12-17(15-7-8-15)11-14-5-6-14/h14-15,18H,1-13H2. The third kappa shape index (κ3) is 3.27. The summed E-state index contributed by atoms with van der Waals surface area (Å²) in [5.41, 5.74) is 0.244. The molecule has 0 saturated heterocycles. The summed E-state index contributed by atoms with van der Waals surface area (Å²) in [4.78, 5) is 2.75. The van der Waals surface area contributed by atoms with Crippen LogP contribution in [0.25, 0.3) is 0 Å². The van der Waals surface area contributed by atoms with Crippen LogP contribution in [0.4, 0.5) is 0 Å². The minimum absolute atomic E-state index is 0.244. The molecule has 0 atom stereocenters. The van der Waals surface area contributed by atoms with Crippen molar-refractivity contribution in [1.29, 1.82) is 0 Å². The number of hydrogen-bond acceptors (Lipinski definition) is 2. The second-order valence-corrected chi connectivity index (χ2v) is 7.18. The van der Waals surface area contributed by atoms with Crippen LogP contribution < -0.4 is 0 Å². The molecular weight excluding hydrogens is 222 g/mol. The molecule has 0 unspecified atom stereocenters. The molecule has 3 fully saturated rings. The van der Waals surface area contributed by atoms with Crippen LogP contribution in [-0.2, 0) is 0 Å². The van der Waals surface area contributed by atoms with Gasteiger partial charge in [0.15, 0.2) is 0 Å². The number of hydrogen-bond donors (Lipinski definition) is 1. The first-order valence-electron chi connectivity index (χ1n) is 8.16. The number of aliphatic hydroxyl groups excluding tert-OH is 1. The maximum Gasteiger partial charge on any atom is 0.0499 e. The summed E-state index contributed by atoms with van der Waals surface area (Å²) in [6, 6.07) is 0.872. The lowest BCUT2D eigenvalue weighted by atomic mass is 9.80. The summed E-state index contributed by atoms with van der Waals surface area (Å²) in [5.74, 6) is 0.993. The Morgan fingerprint density at radius 3 is 2.11 bits per heavy atom. The molecule has 2 heteroatoms. The van der Waals surface area contributed by atoms with E-state index in [-0.39, 0.29) is 5.41 Å². The topological polar surface area (TPSA) is 23.5 Å². The second kappa shape index (κ2) is 5.50. The van der Waals surface area contributed by atoms with Crippen LogP contribution >= 0.6 is 0 Å². The van der Waals surface area contributed by atoms with Gasteiger partial charge in [-0.1, -0.05) is 25.7 Å². The van der Waals surface area contributed by atoms with Crippen LogP contribution in [0.3, 0.4) is 0 Å². The van der Waals surface area contributed by atoms with E-state index < -0.39 is 0 Å². The van der Waals surface area contributed by atoms with Crippen LogP contribution in [0.15, 0.2) is 0 Å². The molecule has 3 aliphatic carbocycles. The Morgan fingerprint density at radius 2 is 1.61 bits per heavy atom. The Labute approximate surface area is 112 Å². The van der Waals surface area contributed by atoms with Gasteiger partial charge in [-0.15, -0.1) is 0 Å². The molecule has 0 amide bonds. The Kier molecular flexibility index (Phi) is 3.95. The van der Waals surface area contributed by atoms with Crippen molar-refractivity contribution in [3.63, 3.8) is 0 Å². The van der Waals surface area contributed by atoms with E-state index in [9.17, 15) is 5.11 Å². The maximum absolute atomic E-state index is 9.94. The van der Waals surface area contributed by atoms with E-state index in [1.807, 2.05) is 0 Å². The third-order valence-electron chi connectivity index (χ3n) is 5.29. The predicted octanol–water partition coefficient (Wildman–Crippen LogP) is 3.19. The van der Waals surface area contributed by atoms with Crippen molar-refractivity contribution in [2.45, 2.75) is 70.3 Å². The molecule has 0 spiro atoms. The second-order valence-electron chi connectivity index (χ2n) is 7.18. The van der Waals surface area contributed by atoms with Gasteiger partial charge >= 0.3 is 0 Å². The average Bonchev–Trinajstić information content (AvgIpc) is 3.23. The Morgan fingerprint density at radius 1 is 0.944 bits per heavy atom. The van der Waals surface area contributed by atoms with Gasteiger partial charge in [-0.3, -0.25) is 4.90 Å². The van der Waals surface area contributed by atoms with E-state index in [0.29, 0.717) is 6.61 Å². The van der Waals surface area contributed by atoms with Gasteiger partial charge < -0.3 is 5.11 Å². The fourth-order valence-corrected chi connectivity index (χ4v) is 3.69. The summed E-state index contributed by atoms with van der Waals surface area (Å²) in [6.07, 6.45) is 13.7. The summed E-state index contributed by atoms with van der Waals surface area (Å²) >= 11 is 0. The smallest absolute Gasteiger partial charge is 0.0499 e. The van der Waals surface area contributed by atoms with Crippen molar-refractivity contribution in [3.8, 4) is 0 Å². The minimum atomic E-state index is 0.244. The summed E-state index contributed by atoms with van der Waals surface area (Å²) < 4.78 is 0. The molecular formula is C16H29NO. The molecule has 0 aromatic rings. The molecule has 3 saturated carbocycles. The van der Waals surface area contributed by atoms with Gasteiger partial charge in [-0.05, 0) is 44.4 Å². The first-order valence-corrected chi connectivity index (χ1v) is 8.16. The van der Waals surface area contributed by atoms with Crippen molar-refractivity contribution in [3.05, 3.63) is 0 Å². The predicted molar refractivity (Wildman–Crippen MR) is 74.5 cm³/mol. The maximum atomic E-state index is 9.94. The molecule has 0 heterocycles. The molecule has 0 aromatic heterocycles. The van der Waals surface area contributed by atoms with Gasteiger partial charge in [-0.2, -0.15) is 0 Å². The fraction of sp³-hybridized carbons (Fsp3) is 1.00. The van der Waals surface area contributed by atoms with Crippen molar-refractivity contribution in [1.82, 2.24) is 4.90 Å². The van der Waals surface area contributed by atoms with E-state index in [0.717, 1.165) is 12.0 Å². The van der Waals surface area contributed by atoms with Crippen LogP contribution in [0.1, 0.15) is 64.2 Å². The van der Waals surface area contributed by atoms with Gasteiger partial charge in [0.2, 0.25) is 0 Å². The van der Waals surface area contributed by atoms with Crippen molar-refractivity contribution >= 4 is 0 Å². The van der Waals surface area contributed by atoms with E-state index in [1.54, 1.807) is 0 Å². The first-order chi connectivity index (χ1) is 8.81. The highest BCUT2D eigenvalue weighted by molar-refractivity contribution is 4.93. The van der Waals surface area contributed by atoms with Crippen molar-refractivity contribution in [2.75, 3.05) is 19.7 Å². The van der Waals surface area contributed by atoms with Crippen LogP contribution in [0.5, 0.6) is 0 Å². The van der Waals surface area contributed by atoms with Crippen molar-refractivity contribution in [2.24, 2.45) is 11.3 Å². The highest BCUT2D eigenvalue weighted by Gasteiger charge is 2.39. The normalized spacial score (nSPS) is 28.3. The third-order valence-corrected chi connectivity index (χ3v) is 5.29. The number of rotatable bonds is 6. The average molecular weight is 251 g/mol. The van der Waals surface area contributed by atoms with Gasteiger partial charge in [0.05, 0.1) is 0 Å². The Balaban J connectivity index is 1.61. The van der Waals surface area contributed by atoms with Gasteiger partial charge in [-0.25, -0.2) is 0 Å². The highest BCUT2D eigenvalue weighted by atomic mass is 16.3. The van der Waals surface area contributed by atoms with Crippen LogP contribution in [-0.4, -0.2) is 35.7 Å². The molecule has 3 rings (SSSR count). The lowest BCUT2D eigenvalue weighted by Gasteiger charge is -2.37. The molecule has 1 N–H and O–H groups in total. The summed E-state index contributed by atoms with van der Waals surface area (Å²) in [6.45, 7) is 2.93. The van der Waals surface area contributed by atoms with Gasteiger partial charge in [0, 0.05) is 31.2 Å². The fourth-order valence-electron chi connectivity index (χ4n) is 3.69. The molecule has 0 radical (unpaired) electrons. The molecule has 104 valence electrons. The molecule has 18 heavy (non-hydrogen) atoms. The van der Waals surface area contributed by atoms with Gasteiger partial charge in [0.1, 0.15) is 0 Å². The van der Waals surface area contributed by atoms with E-state index in [4.69, 9.17) is 0 Å². The van der Waals surface area contributed by atoms with Crippen LogP contribution in [0, 0.1) is 11.3 Å². The summed E-state index contributed by atoms with van der Waals surface area (Å²) in [5, 5.41) is 9.94. The van der Waals surface area contributed by atoms with Crippen LogP contribution in [0.2, 0.25) is 0 Å². The molecule has 0 aliphatic heterocycles. The van der Waals surface area contributed by atoms with Gasteiger partial charge in [0.25, 0.3) is 0 Å². The lowest BCUT2D eigenvalue weighted by Crippen LogP contribution is -2.42.